The Morgan fingerprint density at radius 1 is 0.383 bits per heavy atom. The Balaban J connectivity index is 0.000000746. The highest BCUT2D eigenvalue weighted by Crippen LogP contribution is 2.36. The molecule has 0 bridgehead atoms. The number of aliphatic hydroxyl groups excluding tert-OH is 9. The van der Waals surface area contributed by atoms with Crippen molar-refractivity contribution in [3.8, 4) is 17.2 Å². The van der Waals surface area contributed by atoms with Crippen LogP contribution in [0, 0.1) is 0 Å². The molecule has 141 heavy (non-hydrogen) atoms. The van der Waals surface area contributed by atoms with Crippen LogP contribution in [0.15, 0.2) is 54.6 Å². The van der Waals surface area contributed by atoms with Gasteiger partial charge in [0.1, 0.15) is 97.8 Å². The van der Waals surface area contributed by atoms with Gasteiger partial charge in [0.25, 0.3) is 11.8 Å². The maximum absolute atomic E-state index is 12.8. The number of rotatable bonds is 57. The lowest BCUT2D eigenvalue weighted by Crippen LogP contribution is -2.61. The summed E-state index contributed by atoms with van der Waals surface area (Å²) in [5.41, 5.74) is 12.5. The number of hydrogen-bond acceptors (Lipinski definition) is 43. The van der Waals surface area contributed by atoms with Gasteiger partial charge in [-0.15, -0.1) is 5.06 Å². The summed E-state index contributed by atoms with van der Waals surface area (Å²) < 4.78 is 79.2. The molecule has 4 saturated heterocycles. The van der Waals surface area contributed by atoms with Crippen LogP contribution in [0.5, 0.6) is 17.2 Å². The molecule has 4 aliphatic heterocycles. The van der Waals surface area contributed by atoms with E-state index in [-0.39, 0.29) is 211 Å². The van der Waals surface area contributed by atoms with Gasteiger partial charge in [-0.05, 0) is 79.3 Å². The summed E-state index contributed by atoms with van der Waals surface area (Å²) >= 11 is 0. The van der Waals surface area contributed by atoms with Crippen molar-refractivity contribution in [2.75, 3.05) is 121 Å². The number of carbonyl (C=O) groups excluding carboxylic acids is 13. The van der Waals surface area contributed by atoms with Crippen molar-refractivity contribution in [1.82, 2.24) is 21.0 Å². The third-order valence-corrected chi connectivity index (χ3v) is 19.5. The van der Waals surface area contributed by atoms with Crippen LogP contribution < -0.4 is 57.6 Å². The number of benzene rings is 3. The first kappa shape index (κ1) is 125. The number of imide groups is 1. The molecule has 8 amide bonds. The molecule has 22 N–H and O–H groups in total. The minimum atomic E-state index is -1.95. The van der Waals surface area contributed by atoms with Gasteiger partial charge < -0.3 is 181 Å². The summed E-state index contributed by atoms with van der Waals surface area (Å²) in [7, 11) is 0. The largest absolute Gasteiger partial charge is 0.479 e. The standard InChI is InChI=1S/C39H62N4O18.C28H35N3O16.C18H24N2O10.3CH4/c1-25(44)28(40)5-3-4-11-41-31(46)9-13-54-15-17-56-19-21-58-22-20-57-18-16-55-14-10-32(47)42-12-8-33(48)43-29-23-27(24-59-26(2)45)6-7-30(29)60-39-36(51)34(49)35(50)37(61-39)38(52)53;1-14(32)44-13-15-2-3-17(45-28-25(40)23(38)24(39)26(46-28)27(41)42)16(12-15)30-19(34)6-9-29-18(33)7-10-43-11-8-22(37)47-31-20(35)4-5-21(31)36;1-8(21)28-7-9-2-3-11(10(6-9)20-12(22)4-5-19)29-18-15(25)13(23)14(24)16(30-18)17(26)27;;;/h6-7,23,28,34-37,39,49-51H,3-5,8-22,24,40H2,1-2H3,(H,41,46)(H,42,47)(H,43,48)(H,52,53);2-3,12,23-26,28,38-40H,4-11,13H2,1H3,(H,29,33)(H,30,34)(H,41,42);2-3,6,13-16,18,23-25H,4-5,7,19H2,1H3,(H,20,22)(H,26,27);3*1H4/t28-,34-,35-,36+,37-,39+;23-,24-,25+,26-,28+;13-,14-,15+,16-,18+;;;/m000.../s1. The Morgan fingerprint density at radius 2 is 0.674 bits per heavy atom. The molecule has 53 nitrogen and oxygen atoms in total. The van der Waals surface area contributed by atoms with Gasteiger partial charge in [0.15, 0.2) is 18.3 Å². The zero-order valence-corrected chi connectivity index (χ0v) is 75.9. The first-order valence-corrected chi connectivity index (χ1v) is 43.3. The molecule has 53 heteroatoms. The van der Waals surface area contributed by atoms with E-state index in [0.29, 0.717) is 74.4 Å². The van der Waals surface area contributed by atoms with Gasteiger partial charge in [-0.25, -0.2) is 19.2 Å². The van der Waals surface area contributed by atoms with Crippen LogP contribution in [-0.4, -0.2) is 365 Å². The molecule has 0 saturated carbocycles. The third kappa shape index (κ3) is 46.2. The number of amides is 8. The summed E-state index contributed by atoms with van der Waals surface area (Å²) in [4.78, 5) is 192. The van der Waals surface area contributed by atoms with Gasteiger partial charge in [-0.2, -0.15) is 0 Å². The second kappa shape index (κ2) is 66.8. The van der Waals surface area contributed by atoms with E-state index in [0.717, 1.165) is 12.8 Å². The van der Waals surface area contributed by atoms with Gasteiger partial charge in [0.2, 0.25) is 54.3 Å². The lowest BCUT2D eigenvalue weighted by atomic mass is 9.99. The number of nitrogens with zero attached hydrogens (tertiary/aromatic N) is 1. The lowest BCUT2D eigenvalue weighted by Gasteiger charge is -2.38. The Kier molecular flexibility index (Phi) is 59.3. The fraction of sp³-hybridized carbons (Fsp3) is 0.614. The molecule has 0 aliphatic carbocycles. The highest BCUT2D eigenvalue weighted by Gasteiger charge is 2.51. The number of nitrogens with two attached hydrogens (primary N) is 2. The molecule has 0 unspecified atom stereocenters. The maximum Gasteiger partial charge on any atom is 0.335 e. The van der Waals surface area contributed by atoms with E-state index in [9.17, 15) is 133 Å². The molecule has 4 fully saturated rings. The molecule has 794 valence electrons. The highest BCUT2D eigenvalue weighted by atomic mass is 16.7. The number of carboxylic acids is 3. The zero-order chi connectivity index (χ0) is 102. The van der Waals surface area contributed by atoms with Gasteiger partial charge in [0, 0.05) is 98.3 Å². The van der Waals surface area contributed by atoms with E-state index in [1.54, 1.807) is 0 Å². The number of carboxylic acid groups (broad SMARTS) is 3. The first-order chi connectivity index (χ1) is 65.6. The van der Waals surface area contributed by atoms with Crippen LogP contribution in [0.3, 0.4) is 0 Å². The van der Waals surface area contributed by atoms with Gasteiger partial charge in [-0.3, -0.25) is 57.5 Å². The van der Waals surface area contributed by atoms with E-state index < -0.39 is 175 Å². The SMILES string of the molecule is C.C.C.CC(=O)OCc1ccc(O[C@@H]2O[C@H](C(=O)O)[C@@H](O)[C@H](O)[C@H]2O)c(NC(=O)CCN)c1.CC(=O)OCc1ccc(O[C@@H]2O[C@H](C(=O)O)[C@@H](O)[C@H](O)[C@H]2O)c(NC(=O)CCNC(=O)CCOCCC(=O)ON2C(=O)CCC2=O)c1.CC(=O)OCc1ccc(O[C@@H]2O[C@H](C(=O)O)[C@@H](O)[C@H](O)[C@H]2O)c(NC(=O)CCNC(=O)CCOCCOCCOCCOCCOCCC(=O)NCCCC[C@H](N)C(C)=O)c1. The molecule has 7 rings (SSSR count). The number of Topliss-reactive ketones (excluding diaryl/α,β-unsaturated/α-hetero) is 1. The summed E-state index contributed by atoms with van der Waals surface area (Å²) in [5, 5.41) is 134. The summed E-state index contributed by atoms with van der Waals surface area (Å²) in [5.74, 6) is -11.3. The molecular formula is C88H133N9O44. The number of hydroxylamine groups is 2. The molecule has 0 radical (unpaired) electrons. The second-order valence-corrected chi connectivity index (χ2v) is 30.6. The monoisotopic (exact) mass is 2020 g/mol. The molecule has 3 aromatic rings. The van der Waals surface area contributed by atoms with Crippen molar-refractivity contribution in [1.29, 1.82) is 0 Å². The van der Waals surface area contributed by atoms with Gasteiger partial charge in [-0.1, -0.05) is 40.5 Å². The Labute approximate surface area is 810 Å². The molecule has 3 aromatic carbocycles. The lowest BCUT2D eigenvalue weighted by molar-refractivity contribution is -0.271. The summed E-state index contributed by atoms with van der Waals surface area (Å²) in [6, 6.07) is 12.2. The average Bonchev–Trinajstić information content (AvgIpc) is 1.09. The number of aliphatic hydroxyl groups is 9. The Morgan fingerprint density at radius 3 is 0.972 bits per heavy atom. The Hall–Kier alpha value is -11.8. The molecule has 0 spiro atoms. The number of aliphatic carboxylic acids is 3. The maximum atomic E-state index is 12.8. The number of unbranched alkanes of at least 4 members (excludes halogenated alkanes) is 1. The summed E-state index contributed by atoms with van der Waals surface area (Å²) in [6.07, 6.45) is -26.2. The van der Waals surface area contributed by atoms with E-state index in [1.165, 1.54) is 82.3 Å². The van der Waals surface area contributed by atoms with E-state index in [1.807, 2.05) is 0 Å². The smallest absolute Gasteiger partial charge is 0.335 e. The topological polar surface area (TPSA) is 791 Å². The zero-order valence-electron chi connectivity index (χ0n) is 75.9. The van der Waals surface area contributed by atoms with Crippen molar-refractivity contribution in [3.05, 3.63) is 71.3 Å². The van der Waals surface area contributed by atoms with Crippen molar-refractivity contribution in [2.45, 2.75) is 245 Å². The number of anilines is 3. The van der Waals surface area contributed by atoms with Crippen molar-refractivity contribution in [3.63, 3.8) is 0 Å². The minimum Gasteiger partial charge on any atom is -0.479 e. The van der Waals surface area contributed by atoms with Crippen LogP contribution in [-0.2, 0) is 158 Å². The molecule has 4 heterocycles. The quantitative estimate of drug-likeness (QED) is 0.0113. The van der Waals surface area contributed by atoms with Crippen LogP contribution in [0.1, 0.15) is 144 Å². The Bertz CT molecular complexity index is 4480. The average molecular weight is 2020 g/mol. The molecule has 4 aliphatic rings. The van der Waals surface area contributed by atoms with Crippen LogP contribution in [0.4, 0.5) is 17.1 Å². The number of hydrogen-bond donors (Lipinski definition) is 20. The van der Waals surface area contributed by atoms with Gasteiger partial charge in [0.05, 0.1) is 109 Å². The number of esters is 3. The molecule has 0 aromatic heterocycles. The van der Waals surface area contributed by atoms with Crippen molar-refractivity contribution in [2.24, 2.45) is 11.5 Å². The minimum absolute atomic E-state index is 0. The first-order valence-electron chi connectivity index (χ1n) is 43.3. The number of nitrogens with one attached hydrogen (secondary N) is 6. The van der Waals surface area contributed by atoms with E-state index >= 15 is 0 Å². The number of ketones is 1. The fourth-order valence-electron chi connectivity index (χ4n) is 12.1. The van der Waals surface area contributed by atoms with Crippen LogP contribution >= 0.6 is 0 Å². The summed E-state index contributed by atoms with van der Waals surface area (Å²) in [6.45, 7) is 8.04. The molecular weight excluding hydrogens is 1890 g/mol. The second-order valence-electron chi connectivity index (χ2n) is 30.6. The third-order valence-electron chi connectivity index (χ3n) is 19.5. The molecule has 16 atom stereocenters. The van der Waals surface area contributed by atoms with E-state index in [4.69, 9.17) is 92.5 Å². The van der Waals surface area contributed by atoms with Crippen molar-refractivity contribution >= 4 is 112 Å². The van der Waals surface area contributed by atoms with E-state index in [2.05, 4.69) is 31.9 Å². The van der Waals surface area contributed by atoms with Crippen LogP contribution in [0.2, 0.25) is 0 Å². The predicted octanol–water partition coefficient (Wildman–Crippen LogP) is -3.38. The van der Waals surface area contributed by atoms with Gasteiger partial charge >= 0.3 is 41.8 Å². The normalized spacial score (nSPS) is 21.2. The number of ether oxygens (including phenoxy) is 15. The van der Waals surface area contributed by atoms with Crippen LogP contribution in [0.25, 0.3) is 0 Å². The predicted molar refractivity (Wildman–Crippen MR) is 482 cm³/mol. The fourth-order valence-corrected chi connectivity index (χ4v) is 12.1. The highest BCUT2D eigenvalue weighted by molar-refractivity contribution is 6.01. The number of carbonyl (C=O) groups is 16. The van der Waals surface area contributed by atoms with Crippen molar-refractivity contribution < 1.29 is 214 Å².